The Balaban J connectivity index is 2.16. The molecular formula is C13H11Cl2FN2. The van der Waals surface area contributed by atoms with E-state index in [0.29, 0.717) is 15.9 Å². The summed E-state index contributed by atoms with van der Waals surface area (Å²) in [6.07, 6.45) is 1.17. The Bertz CT molecular complexity index is 543. The maximum absolute atomic E-state index is 12.7. The van der Waals surface area contributed by atoms with Gasteiger partial charge in [-0.3, -0.25) is 0 Å². The normalized spacial score (nSPS) is 12.2. The van der Waals surface area contributed by atoms with E-state index in [-0.39, 0.29) is 11.9 Å². The topological polar surface area (TPSA) is 24.9 Å². The van der Waals surface area contributed by atoms with E-state index in [4.69, 9.17) is 23.2 Å². The molecule has 2 rings (SSSR count). The Kier molecular flexibility index (Phi) is 4.04. The third-order valence-corrected chi connectivity index (χ3v) is 3.08. The summed E-state index contributed by atoms with van der Waals surface area (Å²) in [7, 11) is 0. The maximum atomic E-state index is 12.7. The minimum Gasteiger partial charge on any atom is -0.363 e. The number of aromatic nitrogens is 1. The van der Waals surface area contributed by atoms with E-state index in [2.05, 4.69) is 10.3 Å². The molecule has 94 valence electrons. The molecule has 0 saturated carbocycles. The highest BCUT2D eigenvalue weighted by atomic mass is 35.5. The third kappa shape index (κ3) is 3.12. The van der Waals surface area contributed by atoms with Crippen molar-refractivity contribution in [2.75, 3.05) is 5.32 Å². The number of nitrogens with one attached hydrogen (secondary N) is 1. The second kappa shape index (κ2) is 5.55. The third-order valence-electron chi connectivity index (χ3n) is 2.52. The van der Waals surface area contributed by atoms with Crippen LogP contribution < -0.4 is 5.32 Å². The van der Waals surface area contributed by atoms with Crippen molar-refractivity contribution in [3.63, 3.8) is 0 Å². The van der Waals surface area contributed by atoms with Gasteiger partial charge in [0.05, 0.1) is 12.2 Å². The van der Waals surface area contributed by atoms with Crippen molar-refractivity contribution in [2.24, 2.45) is 0 Å². The minimum atomic E-state index is -0.363. The van der Waals surface area contributed by atoms with Crippen LogP contribution in [0.1, 0.15) is 18.5 Å². The van der Waals surface area contributed by atoms with Crippen molar-refractivity contribution in [1.82, 2.24) is 4.98 Å². The van der Waals surface area contributed by atoms with Gasteiger partial charge in [0.2, 0.25) is 0 Å². The molecule has 5 heteroatoms. The Morgan fingerprint density at radius 3 is 2.61 bits per heavy atom. The van der Waals surface area contributed by atoms with Crippen molar-refractivity contribution in [3.8, 4) is 0 Å². The monoisotopic (exact) mass is 284 g/mol. The van der Waals surface area contributed by atoms with E-state index < -0.39 is 0 Å². The van der Waals surface area contributed by atoms with Gasteiger partial charge in [0, 0.05) is 10.0 Å². The first-order valence-electron chi connectivity index (χ1n) is 5.39. The summed E-state index contributed by atoms with van der Waals surface area (Å²) in [5.41, 5.74) is 0.909. The van der Waals surface area contributed by atoms with Gasteiger partial charge in [-0.15, -0.1) is 0 Å². The second-order valence-electron chi connectivity index (χ2n) is 3.89. The number of hydrogen-bond acceptors (Lipinski definition) is 2. The number of nitrogens with zero attached hydrogens (tertiary/aromatic N) is 1. The molecule has 0 spiro atoms. The van der Waals surface area contributed by atoms with Gasteiger partial charge in [-0.2, -0.15) is 0 Å². The highest BCUT2D eigenvalue weighted by Gasteiger charge is 2.10. The molecule has 0 radical (unpaired) electrons. The van der Waals surface area contributed by atoms with Gasteiger partial charge >= 0.3 is 0 Å². The average Bonchev–Trinajstić information content (AvgIpc) is 2.32. The van der Waals surface area contributed by atoms with Crippen molar-refractivity contribution < 1.29 is 4.39 Å². The molecule has 1 heterocycles. The highest BCUT2D eigenvalue weighted by Crippen LogP contribution is 2.27. The fourth-order valence-electron chi connectivity index (χ4n) is 1.61. The molecule has 1 aromatic heterocycles. The van der Waals surface area contributed by atoms with Gasteiger partial charge in [0.25, 0.3) is 0 Å². The molecule has 0 aliphatic carbocycles. The fraction of sp³-hybridized carbons (Fsp3) is 0.154. The first-order valence-corrected chi connectivity index (χ1v) is 6.15. The number of anilines is 1. The van der Waals surface area contributed by atoms with Crippen LogP contribution in [0.3, 0.4) is 0 Å². The van der Waals surface area contributed by atoms with E-state index >= 15 is 0 Å². The predicted molar refractivity (Wildman–Crippen MR) is 72.7 cm³/mol. The summed E-state index contributed by atoms with van der Waals surface area (Å²) >= 11 is 12.0. The van der Waals surface area contributed by atoms with Crippen LogP contribution in [0.25, 0.3) is 0 Å². The van der Waals surface area contributed by atoms with Gasteiger partial charge in [0.1, 0.15) is 11.6 Å². The Morgan fingerprint density at radius 2 is 2.00 bits per heavy atom. The minimum absolute atomic E-state index is 0.0484. The maximum Gasteiger partial charge on any atom is 0.141 e. The van der Waals surface area contributed by atoms with Crippen LogP contribution in [-0.2, 0) is 0 Å². The fourth-order valence-corrected chi connectivity index (χ4v) is 2.19. The first-order chi connectivity index (χ1) is 8.56. The van der Waals surface area contributed by atoms with Gasteiger partial charge in [-0.1, -0.05) is 29.3 Å². The number of halogens is 3. The van der Waals surface area contributed by atoms with E-state index in [9.17, 15) is 4.39 Å². The molecule has 0 fully saturated rings. The van der Waals surface area contributed by atoms with E-state index in [0.717, 1.165) is 5.56 Å². The van der Waals surface area contributed by atoms with Crippen LogP contribution in [0, 0.1) is 5.82 Å². The summed E-state index contributed by atoms with van der Waals surface area (Å²) < 4.78 is 12.7. The quantitative estimate of drug-likeness (QED) is 0.884. The first kappa shape index (κ1) is 13.1. The van der Waals surface area contributed by atoms with Gasteiger partial charge in [-0.25, -0.2) is 9.37 Å². The van der Waals surface area contributed by atoms with Crippen LogP contribution in [-0.4, -0.2) is 4.98 Å². The molecule has 0 aliphatic rings. The molecule has 1 atom stereocenters. The Labute approximate surface area is 115 Å². The second-order valence-corrected chi connectivity index (χ2v) is 4.74. The molecule has 18 heavy (non-hydrogen) atoms. The summed E-state index contributed by atoms with van der Waals surface area (Å²) in [5, 5.41) is 4.32. The van der Waals surface area contributed by atoms with Crippen LogP contribution in [0.5, 0.6) is 0 Å². The summed E-state index contributed by atoms with van der Waals surface area (Å²) in [4.78, 5) is 3.94. The number of rotatable bonds is 3. The standard InChI is InChI=1S/C13H11Cl2FN2/c1-8(11-4-2-9(14)6-12(11)15)18-13-5-3-10(16)7-17-13/h2-8H,1H3,(H,17,18). The molecule has 1 N–H and O–H groups in total. The summed E-state index contributed by atoms with van der Waals surface area (Å²) in [6.45, 7) is 1.94. The summed E-state index contributed by atoms with van der Waals surface area (Å²) in [6, 6.07) is 8.20. The number of benzene rings is 1. The molecule has 0 bridgehead atoms. The van der Waals surface area contributed by atoms with Crippen LogP contribution in [0.15, 0.2) is 36.5 Å². The van der Waals surface area contributed by atoms with Crippen LogP contribution in [0.2, 0.25) is 10.0 Å². The Hall–Kier alpha value is -1.32. The number of pyridine rings is 1. The van der Waals surface area contributed by atoms with Gasteiger partial charge < -0.3 is 5.32 Å². The molecule has 1 aromatic carbocycles. The van der Waals surface area contributed by atoms with Crippen molar-refractivity contribution >= 4 is 29.0 Å². The predicted octanol–water partition coefficient (Wildman–Crippen LogP) is 4.70. The number of hydrogen-bond donors (Lipinski definition) is 1. The van der Waals surface area contributed by atoms with Gasteiger partial charge in [-0.05, 0) is 36.8 Å². The van der Waals surface area contributed by atoms with Crippen LogP contribution in [0.4, 0.5) is 10.2 Å². The lowest BCUT2D eigenvalue weighted by molar-refractivity contribution is 0.621. The van der Waals surface area contributed by atoms with Crippen molar-refractivity contribution in [3.05, 3.63) is 58.0 Å². The highest BCUT2D eigenvalue weighted by molar-refractivity contribution is 6.35. The van der Waals surface area contributed by atoms with Crippen molar-refractivity contribution in [2.45, 2.75) is 13.0 Å². The lowest BCUT2D eigenvalue weighted by Crippen LogP contribution is -2.08. The largest absolute Gasteiger partial charge is 0.363 e. The van der Waals surface area contributed by atoms with Gasteiger partial charge in [0.15, 0.2) is 0 Å². The molecular weight excluding hydrogens is 274 g/mol. The van der Waals surface area contributed by atoms with Crippen LogP contribution >= 0.6 is 23.2 Å². The van der Waals surface area contributed by atoms with E-state index in [1.807, 2.05) is 13.0 Å². The molecule has 2 aromatic rings. The lowest BCUT2D eigenvalue weighted by atomic mass is 10.1. The molecule has 1 unspecified atom stereocenters. The smallest absolute Gasteiger partial charge is 0.141 e. The lowest BCUT2D eigenvalue weighted by Gasteiger charge is -2.16. The zero-order valence-corrected chi connectivity index (χ0v) is 11.1. The van der Waals surface area contributed by atoms with E-state index in [1.54, 1.807) is 18.2 Å². The van der Waals surface area contributed by atoms with Crippen molar-refractivity contribution in [1.29, 1.82) is 0 Å². The van der Waals surface area contributed by atoms with E-state index in [1.165, 1.54) is 12.3 Å². The Morgan fingerprint density at radius 1 is 1.22 bits per heavy atom. The molecule has 0 amide bonds. The molecule has 0 saturated heterocycles. The summed E-state index contributed by atoms with van der Waals surface area (Å²) in [5.74, 6) is 0.229. The molecule has 2 nitrogen and oxygen atoms in total. The SMILES string of the molecule is CC(Nc1ccc(F)cn1)c1ccc(Cl)cc1Cl. The zero-order valence-electron chi connectivity index (χ0n) is 9.62. The zero-order chi connectivity index (χ0) is 13.1. The molecule has 0 aliphatic heterocycles. The average molecular weight is 285 g/mol.